The Kier molecular flexibility index (Phi) is 5.27. The first kappa shape index (κ1) is 18.1. The summed E-state index contributed by atoms with van der Waals surface area (Å²) < 4.78 is 37.8. The normalized spacial score (nSPS) is 22.8. The van der Waals surface area contributed by atoms with Crippen molar-refractivity contribution in [3.63, 3.8) is 0 Å². The van der Waals surface area contributed by atoms with Crippen molar-refractivity contribution in [3.05, 3.63) is 12.1 Å². The summed E-state index contributed by atoms with van der Waals surface area (Å²) >= 11 is 0. The van der Waals surface area contributed by atoms with Gasteiger partial charge in [0.25, 0.3) is 0 Å². The van der Waals surface area contributed by atoms with Crippen molar-refractivity contribution in [2.45, 2.75) is 32.0 Å². The van der Waals surface area contributed by atoms with Crippen molar-refractivity contribution >= 4 is 17.3 Å². The van der Waals surface area contributed by atoms with Gasteiger partial charge >= 0.3 is 6.18 Å². The molecule has 1 aromatic heterocycles. The zero-order valence-corrected chi connectivity index (χ0v) is 14.8. The van der Waals surface area contributed by atoms with Gasteiger partial charge in [0.15, 0.2) is 5.82 Å². The molecule has 2 aliphatic heterocycles. The molecule has 0 spiro atoms. The van der Waals surface area contributed by atoms with Gasteiger partial charge in [-0.2, -0.15) is 13.2 Å². The van der Waals surface area contributed by atoms with E-state index in [4.69, 9.17) is 4.98 Å². The number of anilines is 3. The van der Waals surface area contributed by atoms with Crippen LogP contribution in [0.1, 0.15) is 19.8 Å². The molecule has 1 atom stereocenters. The fourth-order valence-electron chi connectivity index (χ4n) is 3.46. The molecule has 8 heteroatoms. The highest BCUT2D eigenvalue weighted by Gasteiger charge is 2.31. The van der Waals surface area contributed by atoms with E-state index in [1.54, 1.807) is 0 Å². The molecule has 0 saturated carbocycles. The molecule has 3 heterocycles. The van der Waals surface area contributed by atoms with Gasteiger partial charge in [-0.3, -0.25) is 4.90 Å². The minimum atomic E-state index is -4.14. The van der Waals surface area contributed by atoms with Gasteiger partial charge in [0.2, 0.25) is 0 Å². The molecule has 1 saturated heterocycles. The van der Waals surface area contributed by atoms with Gasteiger partial charge in [0.1, 0.15) is 5.82 Å². The first-order valence-electron chi connectivity index (χ1n) is 8.84. The van der Waals surface area contributed by atoms with Crippen LogP contribution in [-0.4, -0.2) is 68.4 Å². The minimum absolute atomic E-state index is 0.345. The second kappa shape index (κ2) is 7.27. The predicted molar refractivity (Wildman–Crippen MR) is 94.5 cm³/mol. The van der Waals surface area contributed by atoms with Crippen LogP contribution >= 0.6 is 0 Å². The lowest BCUT2D eigenvalue weighted by molar-refractivity contribution is -0.145. The van der Waals surface area contributed by atoms with E-state index in [1.165, 1.54) is 4.90 Å². The summed E-state index contributed by atoms with van der Waals surface area (Å²) in [5, 5.41) is 3.45. The molecular weight excluding hydrogens is 331 g/mol. The summed E-state index contributed by atoms with van der Waals surface area (Å²) in [6.45, 7) is 4.44. The average Bonchev–Trinajstić information content (AvgIpc) is 2.83. The molecule has 25 heavy (non-hydrogen) atoms. The van der Waals surface area contributed by atoms with Crippen LogP contribution in [0.4, 0.5) is 30.5 Å². The first-order valence-corrected chi connectivity index (χ1v) is 8.84. The molecule has 0 aliphatic carbocycles. The Morgan fingerprint density at radius 3 is 2.72 bits per heavy atom. The molecule has 0 unspecified atom stereocenters. The second-order valence-electron chi connectivity index (χ2n) is 7.02. The quantitative estimate of drug-likeness (QED) is 0.881. The van der Waals surface area contributed by atoms with Gasteiger partial charge in [0.05, 0.1) is 12.2 Å². The SMILES string of the molecule is C[C@@H]1CCN(C)c2ccc(N3CCCN(CC(F)(F)F)CC3)nc2N1. The third-order valence-corrected chi connectivity index (χ3v) is 4.87. The van der Waals surface area contributed by atoms with Crippen LogP contribution in [-0.2, 0) is 0 Å². The van der Waals surface area contributed by atoms with Crippen LogP contribution in [0.5, 0.6) is 0 Å². The van der Waals surface area contributed by atoms with Crippen molar-refractivity contribution in [2.75, 3.05) is 61.4 Å². The number of pyridine rings is 1. The standard InChI is InChI=1S/C17H26F3N5/c1-13-6-9-23(2)14-4-5-15(22-16(14)21-13)25-8-3-7-24(10-11-25)12-17(18,19)20/h4-5,13H,3,6-12H2,1-2H3,(H,21,22)/t13-/m1/s1. The Morgan fingerprint density at radius 2 is 1.96 bits per heavy atom. The third kappa shape index (κ3) is 4.68. The molecule has 0 bridgehead atoms. The smallest absolute Gasteiger partial charge is 0.372 e. The van der Waals surface area contributed by atoms with Crippen LogP contribution < -0.4 is 15.1 Å². The molecule has 1 fully saturated rings. The average molecular weight is 357 g/mol. The summed E-state index contributed by atoms with van der Waals surface area (Å²) in [6, 6.07) is 4.38. The van der Waals surface area contributed by atoms with Gasteiger partial charge < -0.3 is 15.1 Å². The number of aromatic nitrogens is 1. The number of hydrogen-bond donors (Lipinski definition) is 1. The third-order valence-electron chi connectivity index (χ3n) is 4.87. The van der Waals surface area contributed by atoms with E-state index in [2.05, 4.69) is 35.2 Å². The molecule has 140 valence electrons. The lowest BCUT2D eigenvalue weighted by atomic mass is 10.2. The Labute approximate surface area is 146 Å². The number of nitrogens with one attached hydrogen (secondary N) is 1. The van der Waals surface area contributed by atoms with Gasteiger partial charge in [-0.1, -0.05) is 0 Å². The maximum Gasteiger partial charge on any atom is 0.401 e. The van der Waals surface area contributed by atoms with Crippen LogP contribution in [0, 0.1) is 0 Å². The minimum Gasteiger partial charge on any atom is -0.372 e. The molecule has 3 rings (SSSR count). The number of halogens is 3. The fraction of sp³-hybridized carbons (Fsp3) is 0.706. The van der Waals surface area contributed by atoms with E-state index < -0.39 is 12.7 Å². The number of hydrogen-bond acceptors (Lipinski definition) is 5. The number of rotatable bonds is 2. The zero-order valence-electron chi connectivity index (χ0n) is 14.8. The number of fused-ring (bicyclic) bond motifs is 1. The Bertz CT molecular complexity index is 592. The molecule has 0 aromatic carbocycles. The van der Waals surface area contributed by atoms with Crippen LogP contribution in [0.2, 0.25) is 0 Å². The summed E-state index contributed by atoms with van der Waals surface area (Å²) in [5.74, 6) is 1.70. The van der Waals surface area contributed by atoms with Gasteiger partial charge in [-0.05, 0) is 31.9 Å². The summed E-state index contributed by atoms with van der Waals surface area (Å²) in [5.41, 5.74) is 1.07. The van der Waals surface area contributed by atoms with E-state index in [0.29, 0.717) is 32.1 Å². The van der Waals surface area contributed by atoms with Gasteiger partial charge in [-0.25, -0.2) is 4.98 Å². The maximum absolute atomic E-state index is 12.6. The van der Waals surface area contributed by atoms with Gasteiger partial charge in [0, 0.05) is 45.8 Å². The van der Waals surface area contributed by atoms with Crippen molar-refractivity contribution < 1.29 is 13.2 Å². The largest absolute Gasteiger partial charge is 0.401 e. The highest BCUT2D eigenvalue weighted by molar-refractivity contribution is 5.69. The molecule has 0 radical (unpaired) electrons. The second-order valence-corrected chi connectivity index (χ2v) is 7.02. The van der Waals surface area contributed by atoms with E-state index in [0.717, 1.165) is 36.8 Å². The van der Waals surface area contributed by atoms with Crippen molar-refractivity contribution in [2.24, 2.45) is 0 Å². The fourth-order valence-corrected chi connectivity index (χ4v) is 3.46. The van der Waals surface area contributed by atoms with Crippen molar-refractivity contribution in [3.8, 4) is 0 Å². The molecule has 1 N–H and O–H groups in total. The summed E-state index contributed by atoms with van der Waals surface area (Å²) in [7, 11) is 2.06. The topological polar surface area (TPSA) is 34.6 Å². The number of alkyl halides is 3. The maximum atomic E-state index is 12.6. The lowest BCUT2D eigenvalue weighted by Gasteiger charge is -2.25. The molecule has 0 amide bonds. The monoisotopic (exact) mass is 357 g/mol. The molecular formula is C17H26F3N5. The van der Waals surface area contributed by atoms with Crippen LogP contribution in [0.25, 0.3) is 0 Å². The Hall–Kier alpha value is -1.70. The Morgan fingerprint density at radius 1 is 1.16 bits per heavy atom. The molecule has 2 aliphatic rings. The van der Waals surface area contributed by atoms with Crippen molar-refractivity contribution in [1.29, 1.82) is 0 Å². The molecule has 5 nitrogen and oxygen atoms in total. The van der Waals surface area contributed by atoms with Gasteiger partial charge in [-0.15, -0.1) is 0 Å². The Balaban J connectivity index is 1.72. The molecule has 1 aromatic rings. The van der Waals surface area contributed by atoms with E-state index >= 15 is 0 Å². The van der Waals surface area contributed by atoms with E-state index in [9.17, 15) is 13.2 Å². The lowest BCUT2D eigenvalue weighted by Crippen LogP contribution is -2.37. The van der Waals surface area contributed by atoms with E-state index in [1.807, 2.05) is 6.07 Å². The first-order chi connectivity index (χ1) is 11.8. The zero-order chi connectivity index (χ0) is 18.0. The van der Waals surface area contributed by atoms with E-state index in [-0.39, 0.29) is 0 Å². The predicted octanol–water partition coefficient (Wildman–Crippen LogP) is 2.80. The van der Waals surface area contributed by atoms with Crippen LogP contribution in [0.3, 0.4) is 0 Å². The van der Waals surface area contributed by atoms with Crippen LogP contribution in [0.15, 0.2) is 12.1 Å². The highest BCUT2D eigenvalue weighted by atomic mass is 19.4. The number of nitrogens with zero attached hydrogens (tertiary/aromatic N) is 4. The highest BCUT2D eigenvalue weighted by Crippen LogP contribution is 2.30. The summed E-state index contributed by atoms with van der Waals surface area (Å²) in [4.78, 5) is 10.5. The summed E-state index contributed by atoms with van der Waals surface area (Å²) in [6.07, 6.45) is -2.39. The van der Waals surface area contributed by atoms with Crippen molar-refractivity contribution in [1.82, 2.24) is 9.88 Å².